The van der Waals surface area contributed by atoms with Crippen LogP contribution in [0.2, 0.25) is 0 Å². The molecule has 1 heterocycles. The van der Waals surface area contributed by atoms with Crippen molar-refractivity contribution in [3.05, 3.63) is 71.0 Å². The fourth-order valence-corrected chi connectivity index (χ4v) is 2.38. The van der Waals surface area contributed by atoms with Crippen LogP contribution < -0.4 is 10.6 Å². The molecular formula is C19H25N3O. The first-order valence-corrected chi connectivity index (χ1v) is 8.00. The second-order valence-electron chi connectivity index (χ2n) is 5.54. The molecule has 3 N–H and O–H groups in total. The van der Waals surface area contributed by atoms with E-state index >= 15 is 0 Å². The van der Waals surface area contributed by atoms with Gasteiger partial charge in [-0.3, -0.25) is 4.99 Å². The van der Waals surface area contributed by atoms with Crippen molar-refractivity contribution in [1.29, 1.82) is 0 Å². The van der Waals surface area contributed by atoms with Crippen LogP contribution in [-0.4, -0.2) is 23.9 Å². The molecule has 0 spiro atoms. The topological polar surface area (TPSA) is 56.7 Å². The van der Waals surface area contributed by atoms with Crippen LogP contribution in [0.1, 0.15) is 27.2 Å². The van der Waals surface area contributed by atoms with Gasteiger partial charge < -0.3 is 15.7 Å². The summed E-state index contributed by atoms with van der Waals surface area (Å²) in [6.07, 6.45) is 15.0. The second kappa shape index (κ2) is 8.22. The zero-order valence-electron chi connectivity index (χ0n) is 14.1. The lowest BCUT2D eigenvalue weighted by atomic mass is 9.99. The SMILES string of the molecule is C\C=C/N=C1\C=C(CNC2=CNCC(C)=C2O)C=C\C1=C/CC. The second-order valence-corrected chi connectivity index (χ2v) is 5.54. The lowest BCUT2D eigenvalue weighted by Gasteiger charge is -2.19. The molecule has 122 valence electrons. The van der Waals surface area contributed by atoms with Crippen molar-refractivity contribution < 1.29 is 5.11 Å². The van der Waals surface area contributed by atoms with Crippen molar-refractivity contribution in [2.45, 2.75) is 27.2 Å². The number of nitrogens with zero attached hydrogens (tertiary/aromatic N) is 1. The smallest absolute Gasteiger partial charge is 0.140 e. The van der Waals surface area contributed by atoms with Gasteiger partial charge in [0.25, 0.3) is 0 Å². The standard InChI is InChI=1S/C19H25N3O/c1-4-6-16-8-7-15(10-17(16)21-9-5-2)12-22-18-13-20-11-14(3)19(18)23/h5-10,13,20,22-23H,4,11-12H2,1-3H3/b9-5-,16-6+,21-17+. The highest BCUT2D eigenvalue weighted by Crippen LogP contribution is 2.17. The van der Waals surface area contributed by atoms with Gasteiger partial charge in [-0.05, 0) is 43.1 Å². The molecule has 2 rings (SSSR count). The third-order valence-corrected chi connectivity index (χ3v) is 3.64. The summed E-state index contributed by atoms with van der Waals surface area (Å²) in [6.45, 7) is 7.31. The molecule has 0 radical (unpaired) electrons. The zero-order valence-corrected chi connectivity index (χ0v) is 14.1. The van der Waals surface area contributed by atoms with Gasteiger partial charge >= 0.3 is 0 Å². The van der Waals surface area contributed by atoms with Crippen molar-refractivity contribution in [2.75, 3.05) is 13.1 Å². The summed E-state index contributed by atoms with van der Waals surface area (Å²) < 4.78 is 0. The van der Waals surface area contributed by atoms with Crippen molar-refractivity contribution in [3.63, 3.8) is 0 Å². The van der Waals surface area contributed by atoms with Crippen LogP contribution >= 0.6 is 0 Å². The van der Waals surface area contributed by atoms with Gasteiger partial charge in [-0.1, -0.05) is 31.2 Å². The van der Waals surface area contributed by atoms with Crippen LogP contribution in [-0.2, 0) is 0 Å². The number of dihydropyridines is 1. The van der Waals surface area contributed by atoms with Gasteiger partial charge in [-0.25, -0.2) is 0 Å². The minimum Gasteiger partial charge on any atom is -0.506 e. The van der Waals surface area contributed by atoms with E-state index in [0.29, 0.717) is 18.8 Å². The van der Waals surface area contributed by atoms with E-state index in [1.54, 1.807) is 0 Å². The number of allylic oxidation sites excluding steroid dienone is 5. The molecule has 0 fully saturated rings. The first-order chi connectivity index (χ1) is 11.2. The molecule has 1 aliphatic heterocycles. The molecule has 0 saturated heterocycles. The molecule has 0 unspecified atom stereocenters. The summed E-state index contributed by atoms with van der Waals surface area (Å²) in [5.74, 6) is 0.332. The highest BCUT2D eigenvalue weighted by atomic mass is 16.3. The average Bonchev–Trinajstić information content (AvgIpc) is 2.56. The van der Waals surface area contributed by atoms with Gasteiger partial charge in [-0.2, -0.15) is 0 Å². The predicted molar refractivity (Wildman–Crippen MR) is 97.3 cm³/mol. The Hall–Kier alpha value is -2.49. The van der Waals surface area contributed by atoms with Crippen LogP contribution in [0.15, 0.2) is 75.9 Å². The summed E-state index contributed by atoms with van der Waals surface area (Å²) in [4.78, 5) is 4.50. The minimum absolute atomic E-state index is 0.332. The lowest BCUT2D eigenvalue weighted by Crippen LogP contribution is -2.26. The monoisotopic (exact) mass is 311 g/mol. The van der Waals surface area contributed by atoms with Crippen LogP contribution in [0.3, 0.4) is 0 Å². The number of hydrogen-bond acceptors (Lipinski definition) is 4. The fourth-order valence-electron chi connectivity index (χ4n) is 2.38. The molecule has 4 nitrogen and oxygen atoms in total. The van der Waals surface area contributed by atoms with Crippen molar-refractivity contribution in [1.82, 2.24) is 10.6 Å². The Balaban J connectivity index is 2.10. The normalized spacial score (nSPS) is 21.7. The molecule has 1 aliphatic carbocycles. The maximum Gasteiger partial charge on any atom is 0.140 e. The molecule has 0 bridgehead atoms. The Morgan fingerprint density at radius 2 is 2.22 bits per heavy atom. The minimum atomic E-state index is 0.332. The average molecular weight is 311 g/mol. The van der Waals surface area contributed by atoms with Gasteiger partial charge in [-0.15, -0.1) is 0 Å². The first kappa shape index (κ1) is 16.9. The summed E-state index contributed by atoms with van der Waals surface area (Å²) in [6, 6.07) is 0. The molecule has 0 atom stereocenters. The Bertz CT molecular complexity index is 658. The van der Waals surface area contributed by atoms with E-state index in [1.165, 1.54) is 0 Å². The van der Waals surface area contributed by atoms with Gasteiger partial charge in [0.05, 0.1) is 11.4 Å². The summed E-state index contributed by atoms with van der Waals surface area (Å²) in [5, 5.41) is 16.5. The van der Waals surface area contributed by atoms with Crippen molar-refractivity contribution in [3.8, 4) is 0 Å². The highest BCUT2D eigenvalue weighted by Gasteiger charge is 2.13. The number of aliphatic imine (C=N–C) groups is 1. The van der Waals surface area contributed by atoms with E-state index in [-0.39, 0.29) is 0 Å². The van der Waals surface area contributed by atoms with Crippen LogP contribution in [0.4, 0.5) is 0 Å². The molecule has 23 heavy (non-hydrogen) atoms. The van der Waals surface area contributed by atoms with Gasteiger partial charge in [0.1, 0.15) is 5.76 Å². The number of aliphatic hydroxyl groups excluding tert-OH is 1. The molecule has 0 aromatic rings. The van der Waals surface area contributed by atoms with Gasteiger partial charge in [0.15, 0.2) is 0 Å². The molecule has 2 aliphatic rings. The van der Waals surface area contributed by atoms with Crippen LogP contribution in [0.25, 0.3) is 0 Å². The van der Waals surface area contributed by atoms with E-state index in [2.05, 4.69) is 46.9 Å². The third kappa shape index (κ3) is 4.49. The molecule has 0 aromatic carbocycles. The zero-order chi connectivity index (χ0) is 16.7. The van der Waals surface area contributed by atoms with E-state index in [9.17, 15) is 5.11 Å². The highest BCUT2D eigenvalue weighted by molar-refractivity contribution is 6.12. The maximum absolute atomic E-state index is 10.1. The molecule has 0 saturated carbocycles. The van der Waals surface area contributed by atoms with E-state index in [0.717, 1.165) is 34.5 Å². The largest absolute Gasteiger partial charge is 0.506 e. The quantitative estimate of drug-likeness (QED) is 0.726. The molecule has 4 heteroatoms. The number of hydrogen-bond donors (Lipinski definition) is 3. The fraction of sp³-hybridized carbons (Fsp3) is 0.316. The Morgan fingerprint density at radius 1 is 1.39 bits per heavy atom. The Labute approximate surface area is 138 Å². The molecular weight excluding hydrogens is 286 g/mol. The third-order valence-electron chi connectivity index (χ3n) is 3.64. The van der Waals surface area contributed by atoms with Gasteiger partial charge in [0.2, 0.25) is 0 Å². The lowest BCUT2D eigenvalue weighted by molar-refractivity contribution is 0.401. The Morgan fingerprint density at radius 3 is 2.96 bits per heavy atom. The number of aliphatic hydroxyl groups is 1. The van der Waals surface area contributed by atoms with Crippen molar-refractivity contribution >= 4 is 5.71 Å². The predicted octanol–water partition coefficient (Wildman–Crippen LogP) is 3.66. The molecule has 0 aromatic heterocycles. The van der Waals surface area contributed by atoms with Crippen LogP contribution in [0.5, 0.6) is 0 Å². The summed E-state index contributed by atoms with van der Waals surface area (Å²) >= 11 is 0. The molecule has 0 amide bonds. The van der Waals surface area contributed by atoms with E-state index in [4.69, 9.17) is 0 Å². The Kier molecular flexibility index (Phi) is 6.03. The van der Waals surface area contributed by atoms with Crippen LogP contribution in [0, 0.1) is 0 Å². The maximum atomic E-state index is 10.1. The number of nitrogens with one attached hydrogen (secondary N) is 2. The first-order valence-electron chi connectivity index (χ1n) is 8.00. The van der Waals surface area contributed by atoms with Gasteiger partial charge in [0, 0.05) is 25.5 Å². The number of rotatable bonds is 5. The van der Waals surface area contributed by atoms with Crippen molar-refractivity contribution in [2.24, 2.45) is 4.99 Å². The van der Waals surface area contributed by atoms with E-state index < -0.39 is 0 Å². The van der Waals surface area contributed by atoms with E-state index in [1.807, 2.05) is 32.3 Å². The summed E-state index contributed by atoms with van der Waals surface area (Å²) in [7, 11) is 0. The summed E-state index contributed by atoms with van der Waals surface area (Å²) in [5.41, 5.74) is 4.90.